The van der Waals surface area contributed by atoms with Crippen molar-refractivity contribution in [3.8, 4) is 0 Å². The Morgan fingerprint density at radius 1 is 1.55 bits per heavy atom. The second-order valence-electron chi connectivity index (χ2n) is 3.97. The van der Waals surface area contributed by atoms with Crippen LogP contribution in [-0.2, 0) is 0 Å². The van der Waals surface area contributed by atoms with E-state index in [4.69, 9.17) is 0 Å². The molecule has 1 heteroatoms. The van der Waals surface area contributed by atoms with Gasteiger partial charge >= 0.3 is 0 Å². The zero-order valence-electron chi connectivity index (χ0n) is 7.93. The minimum absolute atomic E-state index is 0.833. The molecule has 0 aliphatic carbocycles. The standard InChI is InChI=1S/C10H19N/c1-8(2)10-5-6-11(7-10)9(3)4/h8,10H,3,5-7H2,1-2,4H3/t10-/m0/s1. The molecule has 1 fully saturated rings. The van der Waals surface area contributed by atoms with Crippen molar-refractivity contribution in [2.24, 2.45) is 11.8 Å². The SMILES string of the molecule is C=C(C)N1CC[C@H](C(C)C)C1. The first-order valence-electron chi connectivity index (χ1n) is 4.51. The van der Waals surface area contributed by atoms with Crippen molar-refractivity contribution < 1.29 is 0 Å². The summed E-state index contributed by atoms with van der Waals surface area (Å²) in [4.78, 5) is 2.39. The molecule has 1 rings (SSSR count). The monoisotopic (exact) mass is 153 g/mol. The molecule has 0 saturated carbocycles. The molecule has 0 aromatic heterocycles. The van der Waals surface area contributed by atoms with Crippen molar-refractivity contribution in [3.05, 3.63) is 12.3 Å². The predicted molar refractivity (Wildman–Crippen MR) is 49.3 cm³/mol. The maximum absolute atomic E-state index is 3.96. The second-order valence-corrected chi connectivity index (χ2v) is 3.97. The second kappa shape index (κ2) is 3.29. The van der Waals surface area contributed by atoms with Gasteiger partial charge < -0.3 is 4.90 Å². The van der Waals surface area contributed by atoms with Gasteiger partial charge in [-0.25, -0.2) is 0 Å². The zero-order chi connectivity index (χ0) is 8.43. The first-order chi connectivity index (χ1) is 5.11. The van der Waals surface area contributed by atoms with Gasteiger partial charge in [0.1, 0.15) is 0 Å². The summed E-state index contributed by atoms with van der Waals surface area (Å²) in [5.41, 5.74) is 1.23. The maximum Gasteiger partial charge on any atom is 0.0206 e. The number of hydrogen-bond donors (Lipinski definition) is 0. The highest BCUT2D eigenvalue weighted by Gasteiger charge is 2.23. The number of rotatable bonds is 2. The van der Waals surface area contributed by atoms with Crippen LogP contribution in [0, 0.1) is 11.8 Å². The normalized spacial score (nSPS) is 24.7. The first kappa shape index (κ1) is 8.63. The average molecular weight is 153 g/mol. The Morgan fingerprint density at radius 2 is 2.18 bits per heavy atom. The van der Waals surface area contributed by atoms with E-state index in [9.17, 15) is 0 Å². The highest BCUT2D eigenvalue weighted by molar-refractivity contribution is 4.93. The van der Waals surface area contributed by atoms with Gasteiger partial charge in [-0.05, 0) is 25.2 Å². The van der Waals surface area contributed by atoms with E-state index in [1.54, 1.807) is 0 Å². The highest BCUT2D eigenvalue weighted by atomic mass is 15.1. The number of hydrogen-bond acceptors (Lipinski definition) is 1. The highest BCUT2D eigenvalue weighted by Crippen LogP contribution is 2.25. The van der Waals surface area contributed by atoms with Crippen molar-refractivity contribution in [3.63, 3.8) is 0 Å². The van der Waals surface area contributed by atoms with E-state index in [2.05, 4.69) is 32.3 Å². The Labute approximate surface area is 70.1 Å². The summed E-state index contributed by atoms with van der Waals surface area (Å²) in [6.07, 6.45) is 1.35. The van der Waals surface area contributed by atoms with E-state index in [0.29, 0.717) is 0 Å². The largest absolute Gasteiger partial charge is 0.375 e. The van der Waals surface area contributed by atoms with Crippen LogP contribution < -0.4 is 0 Å². The summed E-state index contributed by atoms with van der Waals surface area (Å²) in [5.74, 6) is 1.73. The molecule has 0 aromatic rings. The van der Waals surface area contributed by atoms with E-state index in [1.165, 1.54) is 25.2 Å². The molecule has 1 nitrogen and oxygen atoms in total. The van der Waals surface area contributed by atoms with Gasteiger partial charge in [-0.2, -0.15) is 0 Å². The van der Waals surface area contributed by atoms with E-state index < -0.39 is 0 Å². The molecule has 1 heterocycles. The molecule has 11 heavy (non-hydrogen) atoms. The summed E-state index contributed by atoms with van der Waals surface area (Å²) in [7, 11) is 0. The molecule has 1 atom stereocenters. The van der Waals surface area contributed by atoms with E-state index in [-0.39, 0.29) is 0 Å². The van der Waals surface area contributed by atoms with Crippen molar-refractivity contribution in [1.82, 2.24) is 4.90 Å². The molecule has 0 amide bonds. The summed E-state index contributed by atoms with van der Waals surface area (Å²) in [5, 5.41) is 0. The molecule has 0 aromatic carbocycles. The van der Waals surface area contributed by atoms with Crippen LogP contribution in [0.15, 0.2) is 12.3 Å². The fourth-order valence-electron chi connectivity index (χ4n) is 1.68. The zero-order valence-corrected chi connectivity index (χ0v) is 7.93. The molecule has 1 aliphatic heterocycles. The number of likely N-dealkylation sites (tertiary alicyclic amines) is 1. The Balaban J connectivity index is 2.41. The Kier molecular flexibility index (Phi) is 2.58. The molecule has 0 bridgehead atoms. The van der Waals surface area contributed by atoms with Gasteiger partial charge in [0.2, 0.25) is 0 Å². The van der Waals surface area contributed by atoms with Crippen molar-refractivity contribution in [2.75, 3.05) is 13.1 Å². The molecule has 1 saturated heterocycles. The van der Waals surface area contributed by atoms with Crippen LogP contribution in [0.3, 0.4) is 0 Å². The smallest absolute Gasteiger partial charge is 0.0206 e. The van der Waals surface area contributed by atoms with E-state index in [1.807, 2.05) is 0 Å². The summed E-state index contributed by atoms with van der Waals surface area (Å²) in [6.45, 7) is 13.1. The van der Waals surface area contributed by atoms with Gasteiger partial charge in [0.25, 0.3) is 0 Å². The molecule has 1 aliphatic rings. The fraction of sp³-hybridized carbons (Fsp3) is 0.800. The third-order valence-corrected chi connectivity index (χ3v) is 2.71. The summed E-state index contributed by atoms with van der Waals surface area (Å²) in [6, 6.07) is 0. The predicted octanol–water partition coefficient (Wildman–Crippen LogP) is 2.50. The summed E-state index contributed by atoms with van der Waals surface area (Å²) < 4.78 is 0. The van der Waals surface area contributed by atoms with Gasteiger partial charge in [-0.15, -0.1) is 0 Å². The summed E-state index contributed by atoms with van der Waals surface area (Å²) >= 11 is 0. The lowest BCUT2D eigenvalue weighted by molar-refractivity contribution is 0.358. The lowest BCUT2D eigenvalue weighted by Gasteiger charge is -2.19. The van der Waals surface area contributed by atoms with Crippen LogP contribution in [-0.4, -0.2) is 18.0 Å². The number of nitrogens with zero attached hydrogens (tertiary/aromatic N) is 1. The van der Waals surface area contributed by atoms with Crippen LogP contribution >= 0.6 is 0 Å². The van der Waals surface area contributed by atoms with Crippen LogP contribution in [0.25, 0.3) is 0 Å². The lowest BCUT2D eigenvalue weighted by Crippen LogP contribution is -2.19. The van der Waals surface area contributed by atoms with Crippen LogP contribution in [0.1, 0.15) is 27.2 Å². The first-order valence-corrected chi connectivity index (χ1v) is 4.51. The van der Waals surface area contributed by atoms with Crippen molar-refractivity contribution in [2.45, 2.75) is 27.2 Å². The number of allylic oxidation sites excluding steroid dienone is 1. The lowest BCUT2D eigenvalue weighted by atomic mass is 9.95. The van der Waals surface area contributed by atoms with E-state index >= 15 is 0 Å². The molecule has 0 radical (unpaired) electrons. The Morgan fingerprint density at radius 3 is 2.45 bits per heavy atom. The van der Waals surface area contributed by atoms with Crippen molar-refractivity contribution >= 4 is 0 Å². The van der Waals surface area contributed by atoms with E-state index in [0.717, 1.165) is 11.8 Å². The van der Waals surface area contributed by atoms with Crippen LogP contribution in [0.5, 0.6) is 0 Å². The third-order valence-electron chi connectivity index (χ3n) is 2.71. The molecule has 0 unspecified atom stereocenters. The maximum atomic E-state index is 3.96. The minimum Gasteiger partial charge on any atom is -0.375 e. The molecular formula is C10H19N. The average Bonchev–Trinajstić information content (AvgIpc) is 2.33. The molecule has 0 spiro atoms. The van der Waals surface area contributed by atoms with Gasteiger partial charge in [0.15, 0.2) is 0 Å². The molecule has 0 N–H and O–H groups in total. The van der Waals surface area contributed by atoms with Gasteiger partial charge in [-0.1, -0.05) is 20.4 Å². The quantitative estimate of drug-likeness (QED) is 0.589. The van der Waals surface area contributed by atoms with Crippen LogP contribution in [0.2, 0.25) is 0 Å². The van der Waals surface area contributed by atoms with Crippen LogP contribution in [0.4, 0.5) is 0 Å². The minimum atomic E-state index is 0.833. The topological polar surface area (TPSA) is 3.24 Å². The Hall–Kier alpha value is -0.460. The molecule has 64 valence electrons. The van der Waals surface area contributed by atoms with Gasteiger partial charge in [-0.3, -0.25) is 0 Å². The van der Waals surface area contributed by atoms with Gasteiger partial charge in [0.05, 0.1) is 0 Å². The van der Waals surface area contributed by atoms with Crippen molar-refractivity contribution in [1.29, 1.82) is 0 Å². The fourth-order valence-corrected chi connectivity index (χ4v) is 1.68. The Bertz CT molecular complexity index is 149. The van der Waals surface area contributed by atoms with Gasteiger partial charge in [0, 0.05) is 18.8 Å². The third kappa shape index (κ3) is 1.98. The molecular weight excluding hydrogens is 134 g/mol.